The van der Waals surface area contributed by atoms with Gasteiger partial charge in [0.1, 0.15) is 18.0 Å². The van der Waals surface area contributed by atoms with E-state index >= 15 is 0 Å². The molecule has 0 aliphatic heterocycles. The van der Waals surface area contributed by atoms with Crippen molar-refractivity contribution in [3.63, 3.8) is 0 Å². The number of nitrogens with one attached hydrogen (secondary N) is 1. The molecule has 0 saturated heterocycles. The molecule has 0 radical (unpaired) electrons. The molecule has 1 aromatic heterocycles. The first-order chi connectivity index (χ1) is 7.54. The minimum Gasteiger partial charge on any atom is -0.383 e. The van der Waals surface area contributed by atoms with Crippen molar-refractivity contribution in [1.29, 1.82) is 0 Å². The molecule has 1 aromatic rings. The minimum atomic E-state index is 0.102. The number of hydrogen-bond donors (Lipinski definition) is 2. The van der Waals surface area contributed by atoms with E-state index in [4.69, 9.17) is 5.73 Å². The lowest BCUT2D eigenvalue weighted by atomic mass is 9.98. The van der Waals surface area contributed by atoms with Crippen LogP contribution in [-0.2, 0) is 6.42 Å². The van der Waals surface area contributed by atoms with Gasteiger partial charge in [-0.05, 0) is 39.0 Å². The van der Waals surface area contributed by atoms with E-state index < -0.39 is 0 Å². The smallest absolute Gasteiger partial charge is 0.135 e. The van der Waals surface area contributed by atoms with Crippen molar-refractivity contribution in [3.05, 3.63) is 11.9 Å². The summed E-state index contributed by atoms with van der Waals surface area (Å²) in [4.78, 5) is 8.33. The quantitative estimate of drug-likeness (QED) is 0.816. The number of rotatable bonds is 4. The van der Waals surface area contributed by atoms with Gasteiger partial charge in [-0.1, -0.05) is 6.92 Å². The van der Waals surface area contributed by atoms with Gasteiger partial charge >= 0.3 is 0 Å². The van der Waals surface area contributed by atoms with E-state index in [0.29, 0.717) is 5.82 Å². The number of aromatic nitrogens is 2. The maximum atomic E-state index is 5.85. The fraction of sp³-hybridized carbons (Fsp3) is 0.667. The fourth-order valence-corrected chi connectivity index (χ4v) is 2.09. The maximum absolute atomic E-state index is 5.85. The molecule has 88 valence electrons. The van der Waals surface area contributed by atoms with Crippen LogP contribution in [0.1, 0.15) is 39.2 Å². The number of nitrogens with two attached hydrogens (primary N) is 1. The molecule has 0 atom stereocenters. The summed E-state index contributed by atoms with van der Waals surface area (Å²) in [6.45, 7) is 6.52. The zero-order valence-corrected chi connectivity index (χ0v) is 10.2. The molecule has 1 saturated carbocycles. The Balaban J connectivity index is 2.23. The van der Waals surface area contributed by atoms with E-state index in [1.54, 1.807) is 0 Å². The van der Waals surface area contributed by atoms with E-state index in [-0.39, 0.29) is 5.54 Å². The second-order valence-corrected chi connectivity index (χ2v) is 5.06. The van der Waals surface area contributed by atoms with Gasteiger partial charge in [0.05, 0.1) is 0 Å². The van der Waals surface area contributed by atoms with E-state index in [0.717, 1.165) is 23.7 Å². The first kappa shape index (κ1) is 11.2. The average molecular weight is 220 g/mol. The summed E-state index contributed by atoms with van der Waals surface area (Å²) in [5.74, 6) is 2.24. The highest BCUT2D eigenvalue weighted by molar-refractivity contribution is 5.56. The average Bonchev–Trinajstić information content (AvgIpc) is 3.00. The Kier molecular flexibility index (Phi) is 2.74. The van der Waals surface area contributed by atoms with Crippen LogP contribution >= 0.6 is 0 Å². The first-order valence-electron chi connectivity index (χ1n) is 5.92. The predicted molar refractivity (Wildman–Crippen MR) is 66.2 cm³/mol. The number of nitrogen functional groups attached to an aromatic ring is 1. The molecule has 0 amide bonds. The third-order valence-corrected chi connectivity index (χ3v) is 3.37. The molecule has 3 N–H and O–H groups in total. The molecule has 1 aliphatic carbocycles. The second kappa shape index (κ2) is 3.92. The third-order valence-electron chi connectivity index (χ3n) is 3.37. The molecule has 1 aliphatic rings. The molecule has 0 aromatic carbocycles. The molecule has 4 nitrogen and oxygen atoms in total. The van der Waals surface area contributed by atoms with Gasteiger partial charge in [-0.15, -0.1) is 0 Å². The van der Waals surface area contributed by atoms with E-state index in [9.17, 15) is 0 Å². The standard InChI is InChI=1S/C12H20N4/c1-4-9-10(13)14-7-15-11(9)16-12(2,3)8-5-6-8/h7-8H,4-6H2,1-3H3,(H3,13,14,15,16). The highest BCUT2D eigenvalue weighted by Crippen LogP contribution is 2.41. The molecule has 2 rings (SSSR count). The number of anilines is 2. The van der Waals surface area contributed by atoms with Gasteiger partial charge in [0.15, 0.2) is 0 Å². The SMILES string of the molecule is CCc1c(N)ncnc1NC(C)(C)C1CC1. The summed E-state index contributed by atoms with van der Waals surface area (Å²) in [7, 11) is 0. The summed E-state index contributed by atoms with van der Waals surface area (Å²) >= 11 is 0. The Bertz CT molecular complexity index is 383. The Morgan fingerprint density at radius 3 is 2.69 bits per heavy atom. The van der Waals surface area contributed by atoms with Gasteiger partial charge in [0.2, 0.25) is 0 Å². The van der Waals surface area contributed by atoms with Gasteiger partial charge in [-0.3, -0.25) is 0 Å². The molecule has 0 bridgehead atoms. The Labute approximate surface area is 96.7 Å². The zero-order chi connectivity index (χ0) is 11.8. The van der Waals surface area contributed by atoms with Crippen LogP contribution in [0.5, 0.6) is 0 Å². The van der Waals surface area contributed by atoms with Gasteiger partial charge in [-0.25, -0.2) is 9.97 Å². The van der Waals surface area contributed by atoms with E-state index in [2.05, 4.69) is 36.1 Å². The van der Waals surface area contributed by atoms with Crippen molar-refractivity contribution in [1.82, 2.24) is 9.97 Å². The molecule has 1 fully saturated rings. The lowest BCUT2D eigenvalue weighted by molar-refractivity contribution is 0.492. The Morgan fingerprint density at radius 1 is 1.44 bits per heavy atom. The van der Waals surface area contributed by atoms with Crippen LogP contribution in [0, 0.1) is 5.92 Å². The highest BCUT2D eigenvalue weighted by atomic mass is 15.1. The molecule has 0 unspecified atom stereocenters. The minimum absolute atomic E-state index is 0.102. The molecule has 1 heterocycles. The fourth-order valence-electron chi connectivity index (χ4n) is 2.09. The topological polar surface area (TPSA) is 63.8 Å². The number of nitrogens with zero attached hydrogens (tertiary/aromatic N) is 2. The predicted octanol–water partition coefficient (Wildman–Crippen LogP) is 2.22. The van der Waals surface area contributed by atoms with Gasteiger partial charge in [0, 0.05) is 11.1 Å². The summed E-state index contributed by atoms with van der Waals surface area (Å²) in [6, 6.07) is 0. The van der Waals surface area contributed by atoms with Crippen LogP contribution in [0.25, 0.3) is 0 Å². The summed E-state index contributed by atoms with van der Waals surface area (Å²) in [5.41, 5.74) is 6.98. The van der Waals surface area contributed by atoms with Crippen molar-refractivity contribution in [3.8, 4) is 0 Å². The van der Waals surface area contributed by atoms with Crippen LogP contribution in [0.4, 0.5) is 11.6 Å². The Morgan fingerprint density at radius 2 is 2.12 bits per heavy atom. The van der Waals surface area contributed by atoms with E-state index in [1.165, 1.54) is 19.2 Å². The van der Waals surface area contributed by atoms with Crippen molar-refractivity contribution < 1.29 is 0 Å². The Hall–Kier alpha value is -1.32. The van der Waals surface area contributed by atoms with Gasteiger partial charge < -0.3 is 11.1 Å². The zero-order valence-electron chi connectivity index (χ0n) is 10.2. The lowest BCUT2D eigenvalue weighted by Gasteiger charge is -2.28. The van der Waals surface area contributed by atoms with Crippen LogP contribution in [-0.4, -0.2) is 15.5 Å². The third kappa shape index (κ3) is 2.10. The molecular formula is C12H20N4. The summed E-state index contributed by atoms with van der Waals surface area (Å²) < 4.78 is 0. The summed E-state index contributed by atoms with van der Waals surface area (Å²) in [5, 5.41) is 3.51. The normalized spacial score (nSPS) is 16.2. The largest absolute Gasteiger partial charge is 0.383 e. The number of hydrogen-bond acceptors (Lipinski definition) is 4. The monoisotopic (exact) mass is 220 g/mol. The van der Waals surface area contributed by atoms with Crippen molar-refractivity contribution >= 4 is 11.6 Å². The lowest BCUT2D eigenvalue weighted by Crippen LogP contribution is -2.34. The van der Waals surface area contributed by atoms with Gasteiger partial charge in [-0.2, -0.15) is 0 Å². The second-order valence-electron chi connectivity index (χ2n) is 5.06. The van der Waals surface area contributed by atoms with Crippen LogP contribution < -0.4 is 11.1 Å². The summed E-state index contributed by atoms with van der Waals surface area (Å²) in [6.07, 6.45) is 5.00. The molecule has 16 heavy (non-hydrogen) atoms. The molecule has 0 spiro atoms. The maximum Gasteiger partial charge on any atom is 0.135 e. The highest BCUT2D eigenvalue weighted by Gasteiger charge is 2.38. The van der Waals surface area contributed by atoms with Crippen molar-refractivity contribution in [2.75, 3.05) is 11.1 Å². The van der Waals surface area contributed by atoms with Crippen LogP contribution in [0.3, 0.4) is 0 Å². The molecular weight excluding hydrogens is 200 g/mol. The van der Waals surface area contributed by atoms with E-state index in [1.807, 2.05) is 0 Å². The van der Waals surface area contributed by atoms with Crippen molar-refractivity contribution in [2.45, 2.75) is 45.6 Å². The van der Waals surface area contributed by atoms with Crippen LogP contribution in [0.15, 0.2) is 6.33 Å². The van der Waals surface area contributed by atoms with Gasteiger partial charge in [0.25, 0.3) is 0 Å². The first-order valence-corrected chi connectivity index (χ1v) is 5.92. The van der Waals surface area contributed by atoms with Crippen molar-refractivity contribution in [2.24, 2.45) is 5.92 Å². The van der Waals surface area contributed by atoms with Crippen LogP contribution in [0.2, 0.25) is 0 Å². The molecule has 4 heteroatoms.